The number of nitrogens with one attached hydrogen (secondary N) is 1. The molecule has 1 aromatic heterocycles. The summed E-state index contributed by atoms with van der Waals surface area (Å²) >= 11 is 0. The quantitative estimate of drug-likeness (QED) is 0.665. The summed E-state index contributed by atoms with van der Waals surface area (Å²) in [4.78, 5) is 32.2. The zero-order valence-electron chi connectivity index (χ0n) is 17.4. The molecule has 0 saturated carbocycles. The number of benzene rings is 2. The first-order valence-corrected chi connectivity index (χ1v) is 10.2. The van der Waals surface area contributed by atoms with Gasteiger partial charge in [-0.3, -0.25) is 9.59 Å². The van der Waals surface area contributed by atoms with Gasteiger partial charge in [-0.25, -0.2) is 0 Å². The highest BCUT2D eigenvalue weighted by molar-refractivity contribution is 5.92. The molecular weight excluding hydrogens is 394 g/mol. The molecule has 0 aliphatic carbocycles. The van der Waals surface area contributed by atoms with E-state index >= 15 is 0 Å². The number of amides is 1. The summed E-state index contributed by atoms with van der Waals surface area (Å²) in [6.07, 6.45) is 1.46. The maximum atomic E-state index is 12.8. The van der Waals surface area contributed by atoms with Crippen LogP contribution in [0.4, 0.5) is 5.69 Å². The summed E-state index contributed by atoms with van der Waals surface area (Å²) in [5.74, 6) is 0.837. The molecular formula is C24H25N3O4. The fourth-order valence-electron chi connectivity index (χ4n) is 3.56. The van der Waals surface area contributed by atoms with Gasteiger partial charge in [0.25, 0.3) is 5.91 Å². The predicted molar refractivity (Wildman–Crippen MR) is 119 cm³/mol. The topological polar surface area (TPSA) is 74.9 Å². The summed E-state index contributed by atoms with van der Waals surface area (Å²) in [7, 11) is 1.64. The Morgan fingerprint density at radius 3 is 2.35 bits per heavy atom. The fourth-order valence-corrected chi connectivity index (χ4v) is 3.56. The van der Waals surface area contributed by atoms with Gasteiger partial charge in [-0.15, -0.1) is 0 Å². The smallest absolute Gasteiger partial charge is 0.270 e. The molecule has 160 valence electrons. The van der Waals surface area contributed by atoms with E-state index in [1.54, 1.807) is 12.0 Å². The van der Waals surface area contributed by atoms with Crippen LogP contribution in [0.15, 0.2) is 71.7 Å². The number of piperazine rings is 1. The lowest BCUT2D eigenvalue weighted by Crippen LogP contribution is -2.49. The van der Waals surface area contributed by atoms with Gasteiger partial charge in [-0.1, -0.05) is 30.3 Å². The van der Waals surface area contributed by atoms with Crippen molar-refractivity contribution in [3.63, 3.8) is 0 Å². The van der Waals surface area contributed by atoms with Crippen molar-refractivity contribution < 1.29 is 14.3 Å². The number of carbonyl (C=O) groups is 1. The van der Waals surface area contributed by atoms with Crippen LogP contribution in [0.2, 0.25) is 0 Å². The Kier molecular flexibility index (Phi) is 6.21. The van der Waals surface area contributed by atoms with Crippen LogP contribution < -0.4 is 19.8 Å². The zero-order valence-corrected chi connectivity index (χ0v) is 17.4. The van der Waals surface area contributed by atoms with Crippen LogP contribution in [0.1, 0.15) is 16.1 Å². The standard InChI is InChI=1S/C24H25N3O4/c1-30-20-9-7-19(8-10-20)26-11-13-27(14-12-26)24(29)21-15-22(28)23(16-25-21)31-17-18-5-3-2-4-6-18/h2-10,15-16H,11-14,17H2,1H3,(H,25,28). The van der Waals surface area contributed by atoms with Crippen molar-refractivity contribution in [3.05, 3.63) is 88.3 Å². The van der Waals surface area contributed by atoms with Crippen LogP contribution >= 0.6 is 0 Å². The number of ether oxygens (including phenoxy) is 2. The third kappa shape index (κ3) is 4.88. The molecule has 1 aliphatic rings. The van der Waals surface area contributed by atoms with E-state index in [2.05, 4.69) is 9.88 Å². The van der Waals surface area contributed by atoms with Crippen molar-refractivity contribution in [2.24, 2.45) is 0 Å². The Labute approximate surface area is 180 Å². The second kappa shape index (κ2) is 9.38. The van der Waals surface area contributed by atoms with Crippen molar-refractivity contribution >= 4 is 11.6 Å². The highest BCUT2D eigenvalue weighted by Gasteiger charge is 2.23. The van der Waals surface area contributed by atoms with Gasteiger partial charge >= 0.3 is 0 Å². The Hall–Kier alpha value is -3.74. The maximum absolute atomic E-state index is 12.8. The Morgan fingerprint density at radius 1 is 1.00 bits per heavy atom. The predicted octanol–water partition coefficient (Wildman–Crippen LogP) is 2.92. The number of methoxy groups -OCH3 is 1. The molecule has 2 aromatic carbocycles. The molecule has 3 aromatic rings. The molecule has 2 heterocycles. The first-order chi connectivity index (χ1) is 15.1. The third-order valence-electron chi connectivity index (χ3n) is 5.35. The van der Waals surface area contributed by atoms with Gasteiger partial charge in [0.15, 0.2) is 5.75 Å². The Bertz CT molecular complexity index is 1070. The maximum Gasteiger partial charge on any atom is 0.270 e. The molecule has 1 amide bonds. The summed E-state index contributed by atoms with van der Waals surface area (Å²) in [6.45, 7) is 2.91. The molecule has 1 saturated heterocycles. The van der Waals surface area contributed by atoms with E-state index in [0.29, 0.717) is 19.7 Å². The number of carbonyl (C=O) groups excluding carboxylic acids is 1. The van der Waals surface area contributed by atoms with E-state index in [-0.39, 0.29) is 22.8 Å². The third-order valence-corrected chi connectivity index (χ3v) is 5.35. The van der Waals surface area contributed by atoms with Crippen molar-refractivity contribution in [2.45, 2.75) is 6.61 Å². The monoisotopic (exact) mass is 419 g/mol. The lowest BCUT2D eigenvalue weighted by atomic mass is 10.2. The minimum absolute atomic E-state index is 0.180. The van der Waals surface area contributed by atoms with Crippen LogP contribution in [-0.4, -0.2) is 49.1 Å². The molecule has 1 N–H and O–H groups in total. The highest BCUT2D eigenvalue weighted by Crippen LogP contribution is 2.21. The molecule has 7 nitrogen and oxygen atoms in total. The van der Waals surface area contributed by atoms with Crippen LogP contribution in [-0.2, 0) is 6.61 Å². The summed E-state index contributed by atoms with van der Waals surface area (Å²) < 4.78 is 10.8. The number of aromatic amines is 1. The highest BCUT2D eigenvalue weighted by atomic mass is 16.5. The molecule has 0 atom stereocenters. The Morgan fingerprint density at radius 2 is 1.71 bits per heavy atom. The molecule has 1 fully saturated rings. The second-order valence-corrected chi connectivity index (χ2v) is 7.33. The lowest BCUT2D eigenvalue weighted by molar-refractivity contribution is 0.0740. The van der Waals surface area contributed by atoms with Gasteiger partial charge in [-0.05, 0) is 29.8 Å². The molecule has 0 radical (unpaired) electrons. The van der Waals surface area contributed by atoms with Gasteiger partial charge in [0.1, 0.15) is 18.1 Å². The van der Waals surface area contributed by atoms with Gasteiger partial charge in [0, 0.05) is 44.1 Å². The van der Waals surface area contributed by atoms with Crippen LogP contribution in [0.3, 0.4) is 0 Å². The average molecular weight is 419 g/mol. The zero-order chi connectivity index (χ0) is 21.6. The number of nitrogens with zero attached hydrogens (tertiary/aromatic N) is 2. The lowest BCUT2D eigenvalue weighted by Gasteiger charge is -2.36. The summed E-state index contributed by atoms with van der Waals surface area (Å²) in [6, 6.07) is 18.8. The van der Waals surface area contributed by atoms with Gasteiger partial charge in [0.2, 0.25) is 5.43 Å². The van der Waals surface area contributed by atoms with Gasteiger partial charge < -0.3 is 24.3 Å². The normalized spacial score (nSPS) is 13.7. The molecule has 0 spiro atoms. The molecule has 7 heteroatoms. The number of hydrogen-bond acceptors (Lipinski definition) is 5. The fraction of sp³-hybridized carbons (Fsp3) is 0.250. The number of aromatic nitrogens is 1. The number of hydrogen-bond donors (Lipinski definition) is 1. The van der Waals surface area contributed by atoms with E-state index < -0.39 is 0 Å². The Balaban J connectivity index is 1.35. The van der Waals surface area contributed by atoms with Gasteiger partial charge in [-0.2, -0.15) is 0 Å². The first-order valence-electron chi connectivity index (χ1n) is 10.2. The van der Waals surface area contributed by atoms with Crippen molar-refractivity contribution in [1.29, 1.82) is 0 Å². The SMILES string of the molecule is COc1ccc(N2CCN(C(=O)c3cc(=O)c(OCc4ccccc4)c[nH]3)CC2)cc1. The largest absolute Gasteiger partial charge is 0.497 e. The molecule has 4 rings (SSSR count). The molecule has 31 heavy (non-hydrogen) atoms. The molecule has 0 bridgehead atoms. The van der Waals surface area contributed by atoms with Crippen LogP contribution in [0.5, 0.6) is 11.5 Å². The molecule has 1 aliphatic heterocycles. The number of rotatable bonds is 6. The van der Waals surface area contributed by atoms with E-state index in [0.717, 1.165) is 30.1 Å². The van der Waals surface area contributed by atoms with E-state index in [4.69, 9.17) is 9.47 Å². The van der Waals surface area contributed by atoms with Crippen LogP contribution in [0, 0.1) is 0 Å². The average Bonchev–Trinajstić information content (AvgIpc) is 2.83. The number of anilines is 1. The van der Waals surface area contributed by atoms with E-state index in [1.165, 1.54) is 12.3 Å². The second-order valence-electron chi connectivity index (χ2n) is 7.33. The van der Waals surface area contributed by atoms with Crippen molar-refractivity contribution in [1.82, 2.24) is 9.88 Å². The molecule has 0 unspecified atom stereocenters. The summed E-state index contributed by atoms with van der Waals surface area (Å²) in [5, 5.41) is 0. The van der Waals surface area contributed by atoms with E-state index in [9.17, 15) is 9.59 Å². The van der Waals surface area contributed by atoms with Crippen molar-refractivity contribution in [2.75, 3.05) is 38.2 Å². The van der Waals surface area contributed by atoms with E-state index in [1.807, 2.05) is 54.6 Å². The minimum Gasteiger partial charge on any atom is -0.497 e. The van der Waals surface area contributed by atoms with Gasteiger partial charge in [0.05, 0.1) is 7.11 Å². The van der Waals surface area contributed by atoms with Crippen molar-refractivity contribution in [3.8, 4) is 11.5 Å². The minimum atomic E-state index is -0.310. The van der Waals surface area contributed by atoms with Crippen LogP contribution in [0.25, 0.3) is 0 Å². The number of pyridine rings is 1. The summed E-state index contributed by atoms with van der Waals surface area (Å²) in [5.41, 5.74) is 2.03. The number of H-pyrrole nitrogens is 1. The first kappa shape index (κ1) is 20.5.